The van der Waals surface area contributed by atoms with Crippen molar-refractivity contribution in [3.63, 3.8) is 0 Å². The molecule has 2 aromatic rings. The molecule has 0 saturated carbocycles. The van der Waals surface area contributed by atoms with Crippen molar-refractivity contribution in [1.82, 2.24) is 4.90 Å². The second-order valence-electron chi connectivity index (χ2n) is 5.36. The predicted molar refractivity (Wildman–Crippen MR) is 82.2 cm³/mol. The van der Waals surface area contributed by atoms with Gasteiger partial charge < -0.3 is 9.64 Å². The van der Waals surface area contributed by atoms with Gasteiger partial charge in [-0.2, -0.15) is 0 Å². The molecule has 1 atom stereocenters. The third-order valence-corrected chi connectivity index (χ3v) is 4.07. The first-order chi connectivity index (χ1) is 10.3. The number of carbonyl (C=O) groups excluding carboxylic acids is 1. The van der Waals surface area contributed by atoms with Crippen LogP contribution in [-0.4, -0.2) is 24.5 Å². The second kappa shape index (κ2) is 6.00. The Labute approximate surface area is 125 Å². The van der Waals surface area contributed by atoms with Crippen LogP contribution >= 0.6 is 0 Å². The molecule has 0 N–H and O–H groups in total. The zero-order valence-electron chi connectivity index (χ0n) is 12.2. The molecule has 108 valence electrons. The highest BCUT2D eigenvalue weighted by molar-refractivity contribution is 5.78. The first-order valence-electron chi connectivity index (χ1n) is 7.27. The van der Waals surface area contributed by atoms with Crippen molar-refractivity contribution in [2.24, 2.45) is 0 Å². The van der Waals surface area contributed by atoms with Crippen molar-refractivity contribution in [3.8, 4) is 5.75 Å². The van der Waals surface area contributed by atoms with Gasteiger partial charge in [-0.25, -0.2) is 0 Å². The first kappa shape index (κ1) is 13.7. The summed E-state index contributed by atoms with van der Waals surface area (Å²) in [7, 11) is 1.86. The third-order valence-electron chi connectivity index (χ3n) is 4.07. The van der Waals surface area contributed by atoms with Gasteiger partial charge in [-0.05, 0) is 36.1 Å². The van der Waals surface area contributed by atoms with Crippen LogP contribution in [0.5, 0.6) is 5.75 Å². The van der Waals surface area contributed by atoms with E-state index in [0.29, 0.717) is 0 Å². The summed E-state index contributed by atoms with van der Waals surface area (Å²) in [6.45, 7) is 0.0825. The van der Waals surface area contributed by atoms with Crippen LogP contribution in [0.15, 0.2) is 54.6 Å². The summed E-state index contributed by atoms with van der Waals surface area (Å²) in [5.41, 5.74) is 2.62. The van der Waals surface area contributed by atoms with Gasteiger partial charge in [0.05, 0.1) is 6.04 Å². The van der Waals surface area contributed by atoms with Gasteiger partial charge in [0, 0.05) is 7.05 Å². The number of para-hydroxylation sites is 1. The molecule has 0 aromatic heterocycles. The molecule has 0 heterocycles. The molecule has 0 radical (unpaired) electrons. The van der Waals surface area contributed by atoms with Crippen LogP contribution in [0.4, 0.5) is 0 Å². The number of hydrogen-bond acceptors (Lipinski definition) is 2. The summed E-state index contributed by atoms with van der Waals surface area (Å²) >= 11 is 0. The molecule has 3 rings (SSSR count). The van der Waals surface area contributed by atoms with Gasteiger partial charge in [0.15, 0.2) is 6.61 Å². The van der Waals surface area contributed by atoms with Gasteiger partial charge in [-0.1, -0.05) is 42.5 Å². The molecule has 3 nitrogen and oxygen atoms in total. The Kier molecular flexibility index (Phi) is 3.91. The fourth-order valence-electron chi connectivity index (χ4n) is 2.87. The Hall–Kier alpha value is -2.29. The Morgan fingerprint density at radius 1 is 1.14 bits per heavy atom. The maximum Gasteiger partial charge on any atom is 0.260 e. The van der Waals surface area contributed by atoms with E-state index in [1.807, 2.05) is 48.3 Å². The fraction of sp³-hybridized carbons (Fsp3) is 0.278. The SMILES string of the molecule is CN(C(=O)COc1ccccc1)[C@@H]1CCc2ccccc21. The van der Waals surface area contributed by atoms with Crippen LogP contribution in [0, 0.1) is 0 Å². The molecular weight excluding hydrogens is 262 g/mol. The number of ether oxygens (including phenoxy) is 1. The topological polar surface area (TPSA) is 29.5 Å². The van der Waals surface area contributed by atoms with Crippen molar-refractivity contribution in [2.45, 2.75) is 18.9 Å². The fourth-order valence-corrected chi connectivity index (χ4v) is 2.87. The van der Waals surface area contributed by atoms with Gasteiger partial charge in [0.25, 0.3) is 5.91 Å². The van der Waals surface area contributed by atoms with E-state index in [1.165, 1.54) is 11.1 Å². The highest BCUT2D eigenvalue weighted by Crippen LogP contribution is 2.34. The summed E-state index contributed by atoms with van der Waals surface area (Å²) in [6.07, 6.45) is 2.03. The first-order valence-corrected chi connectivity index (χ1v) is 7.27. The Morgan fingerprint density at radius 2 is 1.86 bits per heavy atom. The Balaban J connectivity index is 1.63. The molecule has 0 bridgehead atoms. The standard InChI is InChI=1S/C18H19NO2/c1-19(17-12-11-14-7-5-6-10-16(14)17)18(20)13-21-15-8-3-2-4-9-15/h2-10,17H,11-13H2,1H3/t17-/m1/s1. The molecule has 0 unspecified atom stereocenters. The maximum atomic E-state index is 12.3. The number of amides is 1. The number of carbonyl (C=O) groups is 1. The summed E-state index contributed by atoms with van der Waals surface area (Å²) in [6, 6.07) is 18.0. The van der Waals surface area contributed by atoms with Gasteiger partial charge in [0.1, 0.15) is 5.75 Å². The molecule has 21 heavy (non-hydrogen) atoms. The highest BCUT2D eigenvalue weighted by Gasteiger charge is 2.28. The monoisotopic (exact) mass is 281 g/mol. The van der Waals surface area contributed by atoms with E-state index >= 15 is 0 Å². The molecular formula is C18H19NO2. The number of fused-ring (bicyclic) bond motifs is 1. The van der Waals surface area contributed by atoms with E-state index in [2.05, 4.69) is 18.2 Å². The van der Waals surface area contributed by atoms with E-state index in [9.17, 15) is 4.79 Å². The summed E-state index contributed by atoms with van der Waals surface area (Å²) in [4.78, 5) is 14.1. The Morgan fingerprint density at radius 3 is 2.67 bits per heavy atom. The minimum atomic E-state index is 0.0144. The number of nitrogens with zero attached hydrogens (tertiary/aromatic N) is 1. The van der Waals surface area contributed by atoms with Gasteiger partial charge in [-0.3, -0.25) is 4.79 Å². The third kappa shape index (κ3) is 2.92. The molecule has 0 aliphatic heterocycles. The lowest BCUT2D eigenvalue weighted by atomic mass is 10.1. The molecule has 1 amide bonds. The molecule has 3 heteroatoms. The lowest BCUT2D eigenvalue weighted by Crippen LogP contribution is -2.34. The van der Waals surface area contributed by atoms with Crippen LogP contribution in [-0.2, 0) is 11.2 Å². The quantitative estimate of drug-likeness (QED) is 0.861. The molecule has 0 spiro atoms. The largest absolute Gasteiger partial charge is 0.484 e. The lowest BCUT2D eigenvalue weighted by molar-refractivity contribution is -0.134. The normalized spacial score (nSPS) is 16.3. The van der Waals surface area contributed by atoms with E-state index in [4.69, 9.17) is 4.74 Å². The lowest BCUT2D eigenvalue weighted by Gasteiger charge is -2.25. The van der Waals surface area contributed by atoms with E-state index < -0.39 is 0 Å². The number of hydrogen-bond donors (Lipinski definition) is 0. The average molecular weight is 281 g/mol. The summed E-state index contributed by atoms with van der Waals surface area (Å²) in [5, 5.41) is 0. The van der Waals surface area contributed by atoms with Crippen molar-refractivity contribution in [2.75, 3.05) is 13.7 Å². The smallest absolute Gasteiger partial charge is 0.260 e. The predicted octanol–water partition coefficient (Wildman–Crippen LogP) is 3.21. The van der Waals surface area contributed by atoms with Crippen LogP contribution in [0.2, 0.25) is 0 Å². The minimum absolute atomic E-state index is 0.0144. The van der Waals surface area contributed by atoms with Crippen LogP contribution in [0.3, 0.4) is 0 Å². The van der Waals surface area contributed by atoms with Crippen molar-refractivity contribution in [1.29, 1.82) is 0 Å². The summed E-state index contributed by atoms with van der Waals surface area (Å²) < 4.78 is 5.55. The second-order valence-corrected chi connectivity index (χ2v) is 5.36. The molecule has 0 fully saturated rings. The number of rotatable bonds is 4. The van der Waals surface area contributed by atoms with Crippen molar-refractivity contribution < 1.29 is 9.53 Å². The van der Waals surface area contributed by atoms with Gasteiger partial charge >= 0.3 is 0 Å². The molecule has 1 aliphatic carbocycles. The minimum Gasteiger partial charge on any atom is -0.484 e. The summed E-state index contributed by atoms with van der Waals surface area (Å²) in [5.74, 6) is 0.742. The Bertz CT molecular complexity index is 624. The molecule has 2 aromatic carbocycles. The van der Waals surface area contributed by atoms with Crippen molar-refractivity contribution in [3.05, 3.63) is 65.7 Å². The van der Waals surface area contributed by atoms with E-state index in [0.717, 1.165) is 18.6 Å². The average Bonchev–Trinajstić information content (AvgIpc) is 2.97. The number of aryl methyl sites for hydroxylation is 1. The zero-order chi connectivity index (χ0) is 14.7. The zero-order valence-corrected chi connectivity index (χ0v) is 12.2. The molecule has 0 saturated heterocycles. The highest BCUT2D eigenvalue weighted by atomic mass is 16.5. The van der Waals surface area contributed by atoms with Crippen LogP contribution < -0.4 is 4.74 Å². The van der Waals surface area contributed by atoms with E-state index in [1.54, 1.807) is 0 Å². The molecule has 1 aliphatic rings. The van der Waals surface area contributed by atoms with Gasteiger partial charge in [0.2, 0.25) is 0 Å². The van der Waals surface area contributed by atoms with E-state index in [-0.39, 0.29) is 18.6 Å². The van der Waals surface area contributed by atoms with Crippen LogP contribution in [0.1, 0.15) is 23.6 Å². The number of likely N-dealkylation sites (N-methyl/N-ethyl adjacent to an activating group) is 1. The van der Waals surface area contributed by atoms with Crippen LogP contribution in [0.25, 0.3) is 0 Å². The maximum absolute atomic E-state index is 12.3. The number of benzene rings is 2. The van der Waals surface area contributed by atoms with Crippen molar-refractivity contribution >= 4 is 5.91 Å². The van der Waals surface area contributed by atoms with Gasteiger partial charge in [-0.15, -0.1) is 0 Å².